The molecule has 1 amide bonds. The summed E-state index contributed by atoms with van der Waals surface area (Å²) in [6.45, 7) is 3.72. The number of carbonyl (C=O) groups is 2. The van der Waals surface area contributed by atoms with Gasteiger partial charge in [0.05, 0.1) is 28.0 Å². The molecule has 13 heteroatoms. The van der Waals surface area contributed by atoms with Crippen molar-refractivity contribution in [1.82, 2.24) is 16.1 Å². The minimum absolute atomic E-state index is 0.225. The standard InChI is InChI=1S/C30H27ClI2N4O5S/c1-3-40-29(39)26-17(2)35-30(43)36-27(26)22-9-4-5-10-24(22)41-16-25(38)37-34-14-19-12-21(32)13-23(33)28(19)42-15-18-7-6-8-20(31)11-18/h4-14,27H,3,15-16H2,1-2H3,(H,37,38)(H2,35,36,43)/t27-/m0/s1. The minimum atomic E-state index is -0.626. The Morgan fingerprint density at radius 1 is 1.12 bits per heavy atom. The van der Waals surface area contributed by atoms with Crippen LogP contribution < -0.4 is 25.5 Å². The maximum absolute atomic E-state index is 12.8. The number of nitrogens with one attached hydrogen (secondary N) is 3. The molecule has 0 saturated carbocycles. The summed E-state index contributed by atoms with van der Waals surface area (Å²) in [5, 5.41) is 11.2. The van der Waals surface area contributed by atoms with Crippen LogP contribution in [-0.2, 0) is 20.9 Å². The van der Waals surface area contributed by atoms with Crippen molar-refractivity contribution >= 4 is 92.2 Å². The van der Waals surface area contributed by atoms with Crippen LogP contribution in [0.15, 0.2) is 77.0 Å². The van der Waals surface area contributed by atoms with Crippen LogP contribution in [0.5, 0.6) is 11.5 Å². The number of amides is 1. The zero-order chi connectivity index (χ0) is 30.9. The smallest absolute Gasteiger partial charge is 0.338 e. The summed E-state index contributed by atoms with van der Waals surface area (Å²) in [6, 6.07) is 17.8. The molecule has 4 rings (SSSR count). The zero-order valence-electron chi connectivity index (χ0n) is 23.1. The van der Waals surface area contributed by atoms with E-state index in [1.165, 1.54) is 6.21 Å². The molecule has 0 radical (unpaired) electrons. The second-order valence-corrected chi connectivity index (χ2v) is 12.4. The molecule has 9 nitrogen and oxygen atoms in total. The summed E-state index contributed by atoms with van der Waals surface area (Å²) in [7, 11) is 0. The number of hydrogen-bond acceptors (Lipinski definition) is 7. The number of hydrazone groups is 1. The van der Waals surface area contributed by atoms with Crippen molar-refractivity contribution in [2.45, 2.75) is 26.5 Å². The van der Waals surface area contributed by atoms with Crippen LogP contribution in [0.1, 0.15) is 36.6 Å². The van der Waals surface area contributed by atoms with E-state index in [1.807, 2.05) is 36.4 Å². The Hall–Kier alpha value is -2.95. The molecule has 3 aromatic carbocycles. The van der Waals surface area contributed by atoms with Crippen molar-refractivity contribution in [2.75, 3.05) is 13.2 Å². The van der Waals surface area contributed by atoms with Crippen LogP contribution in [-0.4, -0.2) is 36.4 Å². The van der Waals surface area contributed by atoms with Gasteiger partial charge in [0, 0.05) is 25.4 Å². The van der Waals surface area contributed by atoms with Crippen LogP contribution in [0.25, 0.3) is 0 Å². The Bertz CT molecular complexity index is 1600. The van der Waals surface area contributed by atoms with E-state index in [2.05, 4.69) is 66.3 Å². The quantitative estimate of drug-likeness (QED) is 0.0709. The maximum Gasteiger partial charge on any atom is 0.338 e. The van der Waals surface area contributed by atoms with Gasteiger partial charge in [0.1, 0.15) is 18.1 Å². The predicted octanol–water partition coefficient (Wildman–Crippen LogP) is 6.01. The first kappa shape index (κ1) is 33.0. The number of halogens is 3. The fourth-order valence-electron chi connectivity index (χ4n) is 4.22. The lowest BCUT2D eigenvalue weighted by Gasteiger charge is -2.30. The van der Waals surface area contributed by atoms with E-state index in [-0.39, 0.29) is 13.2 Å². The lowest BCUT2D eigenvalue weighted by molar-refractivity contribution is -0.139. The van der Waals surface area contributed by atoms with E-state index >= 15 is 0 Å². The van der Waals surface area contributed by atoms with Crippen molar-refractivity contribution in [3.8, 4) is 11.5 Å². The van der Waals surface area contributed by atoms with Crippen LogP contribution in [0.2, 0.25) is 5.02 Å². The Balaban J connectivity index is 1.44. The van der Waals surface area contributed by atoms with Gasteiger partial charge in [0.2, 0.25) is 0 Å². The molecule has 3 aromatic rings. The second-order valence-electron chi connectivity index (χ2n) is 9.13. The summed E-state index contributed by atoms with van der Waals surface area (Å²) in [4.78, 5) is 25.5. The van der Waals surface area contributed by atoms with Gasteiger partial charge < -0.3 is 24.8 Å². The molecular formula is C30H27ClI2N4O5S. The van der Waals surface area contributed by atoms with E-state index in [1.54, 1.807) is 38.1 Å². The van der Waals surface area contributed by atoms with E-state index in [0.717, 1.165) is 12.7 Å². The molecule has 1 aliphatic rings. The number of nitrogens with zero attached hydrogens (tertiary/aromatic N) is 1. The fraction of sp³-hybridized carbons (Fsp3) is 0.200. The van der Waals surface area contributed by atoms with Crippen LogP contribution >= 0.6 is 69.0 Å². The number of ether oxygens (including phenoxy) is 3. The first-order valence-corrected chi connectivity index (χ1v) is 16.0. The lowest BCUT2D eigenvalue weighted by atomic mass is 9.95. The highest BCUT2D eigenvalue weighted by atomic mass is 127. The van der Waals surface area contributed by atoms with Crippen LogP contribution in [0.4, 0.5) is 0 Å². The predicted molar refractivity (Wildman–Crippen MR) is 186 cm³/mol. The van der Waals surface area contributed by atoms with Crippen LogP contribution in [0, 0.1) is 7.14 Å². The Morgan fingerprint density at radius 2 is 1.91 bits per heavy atom. The molecule has 0 fully saturated rings. The largest absolute Gasteiger partial charge is 0.487 e. The average molecular weight is 845 g/mol. The number of esters is 1. The van der Waals surface area contributed by atoms with E-state index < -0.39 is 17.9 Å². The summed E-state index contributed by atoms with van der Waals surface area (Å²) in [6.07, 6.45) is 1.53. The molecule has 0 saturated heterocycles. The molecule has 0 spiro atoms. The number of rotatable bonds is 11. The molecular weight excluding hydrogens is 818 g/mol. The number of hydrogen-bond donors (Lipinski definition) is 3. The topological polar surface area (TPSA) is 110 Å². The van der Waals surface area contributed by atoms with Gasteiger partial charge >= 0.3 is 5.97 Å². The molecule has 1 heterocycles. The molecule has 0 aliphatic carbocycles. The van der Waals surface area contributed by atoms with Gasteiger partial charge in [-0.3, -0.25) is 4.79 Å². The SMILES string of the molecule is CCOC(=O)C1=C(C)NC(=S)N[C@H]1c1ccccc1OCC(=O)NN=Cc1cc(I)cc(I)c1OCc1cccc(Cl)c1. The van der Waals surface area contributed by atoms with E-state index in [9.17, 15) is 9.59 Å². The number of para-hydroxylation sites is 1. The number of allylic oxidation sites excluding steroid dienone is 1. The molecule has 1 aliphatic heterocycles. The monoisotopic (exact) mass is 844 g/mol. The molecule has 1 atom stereocenters. The minimum Gasteiger partial charge on any atom is -0.487 e. The van der Waals surface area contributed by atoms with Crippen molar-refractivity contribution < 1.29 is 23.8 Å². The van der Waals surface area contributed by atoms with Crippen molar-refractivity contribution in [2.24, 2.45) is 5.10 Å². The highest BCUT2D eigenvalue weighted by molar-refractivity contribution is 14.1. The molecule has 0 aromatic heterocycles. The Kier molecular flexibility index (Phi) is 12.0. The van der Waals surface area contributed by atoms with Gasteiger partial charge in [-0.05, 0) is 107 Å². The van der Waals surface area contributed by atoms with Gasteiger partial charge in [-0.15, -0.1) is 0 Å². The molecule has 0 unspecified atom stereocenters. The average Bonchev–Trinajstić information content (AvgIpc) is 2.95. The highest BCUT2D eigenvalue weighted by Gasteiger charge is 2.32. The van der Waals surface area contributed by atoms with Gasteiger partial charge in [0.25, 0.3) is 5.91 Å². The third-order valence-corrected chi connectivity index (χ3v) is 7.93. The van der Waals surface area contributed by atoms with Crippen LogP contribution in [0.3, 0.4) is 0 Å². The molecule has 224 valence electrons. The van der Waals surface area contributed by atoms with Crippen molar-refractivity contribution in [1.29, 1.82) is 0 Å². The zero-order valence-corrected chi connectivity index (χ0v) is 29.0. The second kappa shape index (κ2) is 15.7. The summed E-state index contributed by atoms with van der Waals surface area (Å²) in [5.41, 5.74) is 5.71. The Morgan fingerprint density at radius 3 is 2.67 bits per heavy atom. The van der Waals surface area contributed by atoms with Crippen molar-refractivity contribution in [3.05, 3.63) is 101 Å². The number of benzene rings is 3. The lowest BCUT2D eigenvalue weighted by Crippen LogP contribution is -2.45. The van der Waals surface area contributed by atoms with Gasteiger partial charge in [-0.2, -0.15) is 5.10 Å². The summed E-state index contributed by atoms with van der Waals surface area (Å²) in [5.74, 6) is 0.0917. The maximum atomic E-state index is 12.8. The fourth-order valence-corrected chi connectivity index (χ4v) is 6.75. The van der Waals surface area contributed by atoms with E-state index in [0.29, 0.717) is 50.6 Å². The Labute approximate surface area is 287 Å². The number of carbonyl (C=O) groups excluding carboxylic acids is 2. The van der Waals surface area contributed by atoms with Gasteiger partial charge in [-0.25, -0.2) is 10.2 Å². The normalized spacial score (nSPS) is 14.6. The summed E-state index contributed by atoms with van der Waals surface area (Å²) < 4.78 is 19.1. The van der Waals surface area contributed by atoms with E-state index in [4.69, 9.17) is 38.0 Å². The third kappa shape index (κ3) is 9.03. The van der Waals surface area contributed by atoms with Gasteiger partial charge in [0.15, 0.2) is 11.7 Å². The third-order valence-electron chi connectivity index (χ3n) is 6.06. The van der Waals surface area contributed by atoms with Crippen molar-refractivity contribution in [3.63, 3.8) is 0 Å². The first-order chi connectivity index (χ1) is 20.7. The number of thiocarbonyl (C=S) groups is 1. The summed E-state index contributed by atoms with van der Waals surface area (Å²) >= 11 is 15.9. The molecule has 0 bridgehead atoms. The molecule has 3 N–H and O–H groups in total. The molecule has 43 heavy (non-hydrogen) atoms. The first-order valence-electron chi connectivity index (χ1n) is 13.0. The highest BCUT2D eigenvalue weighted by Crippen LogP contribution is 2.34. The van der Waals surface area contributed by atoms with Gasteiger partial charge in [-0.1, -0.05) is 41.9 Å².